The van der Waals surface area contributed by atoms with Gasteiger partial charge < -0.3 is 14.4 Å². The molecule has 0 unspecified atom stereocenters. The number of piperidine rings is 1. The van der Waals surface area contributed by atoms with Crippen LogP contribution in [0.25, 0.3) is 10.9 Å². The van der Waals surface area contributed by atoms with Crippen molar-refractivity contribution >= 4 is 28.3 Å². The average Bonchev–Trinajstić information content (AvgIpc) is 3.37. The molecule has 168 valence electrons. The van der Waals surface area contributed by atoms with Crippen LogP contribution < -0.4 is 4.90 Å². The number of aryl methyl sites for hydroxylation is 1. The Kier molecular flexibility index (Phi) is 5.74. The highest BCUT2D eigenvalue weighted by Crippen LogP contribution is 2.33. The fourth-order valence-electron chi connectivity index (χ4n) is 5.45. The van der Waals surface area contributed by atoms with Gasteiger partial charge in [0.15, 0.2) is 5.78 Å². The molecular formula is C27H28N4O2. The van der Waals surface area contributed by atoms with Crippen molar-refractivity contribution in [1.82, 2.24) is 9.47 Å². The van der Waals surface area contributed by atoms with Crippen molar-refractivity contribution in [3.8, 4) is 6.07 Å². The number of hydrogen-bond acceptors (Lipinski definition) is 4. The fourth-order valence-corrected chi connectivity index (χ4v) is 5.45. The van der Waals surface area contributed by atoms with Gasteiger partial charge in [0.2, 0.25) is 5.91 Å². The molecule has 1 aromatic heterocycles. The minimum absolute atomic E-state index is 0.0222. The zero-order valence-electron chi connectivity index (χ0n) is 19.0. The van der Waals surface area contributed by atoms with Crippen LogP contribution in [0.1, 0.15) is 47.7 Å². The third-order valence-electron chi connectivity index (χ3n) is 7.06. The number of likely N-dealkylation sites (tertiary alicyclic amines) is 1. The highest BCUT2D eigenvalue weighted by molar-refractivity contribution is 6.08. The van der Waals surface area contributed by atoms with E-state index in [0.29, 0.717) is 17.5 Å². The van der Waals surface area contributed by atoms with E-state index in [9.17, 15) is 14.9 Å². The molecule has 0 spiro atoms. The van der Waals surface area contributed by atoms with Crippen LogP contribution in [0.4, 0.5) is 5.69 Å². The van der Waals surface area contributed by atoms with Crippen LogP contribution in [0.15, 0.2) is 48.7 Å². The molecule has 3 aromatic rings. The van der Waals surface area contributed by atoms with Gasteiger partial charge in [-0.15, -0.1) is 0 Å². The first kappa shape index (κ1) is 21.4. The first-order chi connectivity index (χ1) is 16.1. The number of anilines is 1. The number of Topliss-reactive ketones (excluding diaryl/α,β-unsaturated/α-hetero) is 1. The van der Waals surface area contributed by atoms with Gasteiger partial charge in [0.1, 0.15) is 6.07 Å². The largest absolute Gasteiger partial charge is 0.346 e. The Labute approximate surface area is 194 Å². The second kappa shape index (κ2) is 8.84. The first-order valence-corrected chi connectivity index (χ1v) is 11.7. The number of amides is 1. The molecule has 0 saturated carbocycles. The lowest BCUT2D eigenvalue weighted by Crippen LogP contribution is -2.46. The molecule has 2 aliphatic heterocycles. The van der Waals surface area contributed by atoms with E-state index in [1.807, 2.05) is 41.4 Å². The van der Waals surface area contributed by atoms with Crippen LogP contribution in [0, 0.1) is 11.3 Å². The van der Waals surface area contributed by atoms with Gasteiger partial charge in [-0.25, -0.2) is 0 Å². The van der Waals surface area contributed by atoms with Crippen LogP contribution in [0.3, 0.4) is 0 Å². The molecule has 0 N–H and O–H groups in total. The molecule has 0 bridgehead atoms. The predicted octanol–water partition coefficient (Wildman–Crippen LogP) is 4.16. The lowest BCUT2D eigenvalue weighted by atomic mass is 10.0. The molecule has 3 heterocycles. The summed E-state index contributed by atoms with van der Waals surface area (Å²) in [7, 11) is 0. The quantitative estimate of drug-likeness (QED) is 0.540. The van der Waals surface area contributed by atoms with E-state index in [4.69, 9.17) is 0 Å². The number of fused-ring (bicyclic) bond motifs is 2. The number of para-hydroxylation sites is 2. The van der Waals surface area contributed by atoms with Crippen LogP contribution in [-0.4, -0.2) is 46.8 Å². The Morgan fingerprint density at radius 1 is 1.09 bits per heavy atom. The molecule has 1 saturated heterocycles. The Balaban J connectivity index is 1.21. The number of hydrogen-bond donors (Lipinski definition) is 0. The van der Waals surface area contributed by atoms with Crippen LogP contribution in [0.2, 0.25) is 0 Å². The van der Waals surface area contributed by atoms with E-state index in [1.54, 1.807) is 6.92 Å². The maximum atomic E-state index is 12.6. The van der Waals surface area contributed by atoms with E-state index >= 15 is 0 Å². The molecule has 5 rings (SSSR count). The second-order valence-electron chi connectivity index (χ2n) is 9.10. The SMILES string of the molecule is CC(=O)c1cn(CCCN2CCC(N3C(=O)Cc4ccccc43)CC2)c2c(C#N)cccc12. The first-order valence-electron chi connectivity index (χ1n) is 11.7. The summed E-state index contributed by atoms with van der Waals surface area (Å²) in [5, 5.41) is 10.4. The smallest absolute Gasteiger partial charge is 0.231 e. The number of carbonyl (C=O) groups excluding carboxylic acids is 2. The van der Waals surface area contributed by atoms with Crippen LogP contribution in [0.5, 0.6) is 0 Å². The van der Waals surface area contributed by atoms with Gasteiger partial charge in [-0.3, -0.25) is 9.59 Å². The van der Waals surface area contributed by atoms with E-state index < -0.39 is 0 Å². The van der Waals surface area contributed by atoms with E-state index in [-0.39, 0.29) is 17.7 Å². The summed E-state index contributed by atoms with van der Waals surface area (Å²) in [5.41, 5.74) is 4.38. The van der Waals surface area contributed by atoms with Crippen molar-refractivity contribution in [3.63, 3.8) is 0 Å². The normalized spacial score (nSPS) is 16.8. The molecule has 0 atom stereocenters. The van der Waals surface area contributed by atoms with Crippen LogP contribution in [-0.2, 0) is 17.8 Å². The van der Waals surface area contributed by atoms with Crippen molar-refractivity contribution in [3.05, 3.63) is 65.4 Å². The van der Waals surface area contributed by atoms with Gasteiger partial charge in [-0.1, -0.05) is 30.3 Å². The Bertz CT molecular complexity index is 1260. The Hall–Kier alpha value is -3.43. The van der Waals surface area contributed by atoms with Gasteiger partial charge >= 0.3 is 0 Å². The maximum Gasteiger partial charge on any atom is 0.231 e. The predicted molar refractivity (Wildman–Crippen MR) is 128 cm³/mol. The average molecular weight is 441 g/mol. The van der Waals surface area contributed by atoms with Gasteiger partial charge in [-0.2, -0.15) is 5.26 Å². The molecule has 1 fully saturated rings. The highest BCUT2D eigenvalue weighted by atomic mass is 16.2. The number of nitrogens with zero attached hydrogens (tertiary/aromatic N) is 4. The van der Waals surface area contributed by atoms with Gasteiger partial charge in [0.25, 0.3) is 0 Å². The maximum absolute atomic E-state index is 12.6. The summed E-state index contributed by atoms with van der Waals surface area (Å²) in [6.07, 6.45) is 5.33. The second-order valence-corrected chi connectivity index (χ2v) is 9.10. The van der Waals surface area contributed by atoms with Crippen molar-refractivity contribution in [2.75, 3.05) is 24.5 Å². The number of benzene rings is 2. The summed E-state index contributed by atoms with van der Waals surface area (Å²) in [4.78, 5) is 29.2. The number of aromatic nitrogens is 1. The van der Waals surface area contributed by atoms with Crippen LogP contribution >= 0.6 is 0 Å². The zero-order valence-corrected chi connectivity index (χ0v) is 19.0. The number of ketones is 1. The molecule has 2 aliphatic rings. The molecule has 6 nitrogen and oxygen atoms in total. The standard InChI is InChI=1S/C27H28N4O2/c1-19(32)24-18-30(27-21(17-28)7-4-8-23(24)27)13-5-12-29-14-10-22(11-15-29)31-25-9-3-2-6-20(25)16-26(31)33/h2-4,6-9,18,22H,5,10-16H2,1H3. The minimum Gasteiger partial charge on any atom is -0.346 e. The molecule has 33 heavy (non-hydrogen) atoms. The summed E-state index contributed by atoms with van der Waals surface area (Å²) < 4.78 is 2.07. The monoisotopic (exact) mass is 440 g/mol. The minimum atomic E-state index is 0.0222. The lowest BCUT2D eigenvalue weighted by Gasteiger charge is -2.37. The summed E-state index contributed by atoms with van der Waals surface area (Å²) in [6.45, 7) is 5.25. The van der Waals surface area contributed by atoms with Crippen molar-refractivity contribution in [2.45, 2.75) is 45.2 Å². The zero-order chi connectivity index (χ0) is 22.9. The lowest BCUT2D eigenvalue weighted by molar-refractivity contribution is -0.118. The van der Waals surface area contributed by atoms with Crippen molar-refractivity contribution < 1.29 is 9.59 Å². The molecule has 0 radical (unpaired) electrons. The summed E-state index contributed by atoms with van der Waals surface area (Å²) in [5.74, 6) is 0.248. The molecule has 0 aliphatic carbocycles. The number of rotatable bonds is 6. The van der Waals surface area contributed by atoms with Crippen molar-refractivity contribution in [1.29, 1.82) is 5.26 Å². The fraction of sp³-hybridized carbons (Fsp3) is 0.370. The molecule has 2 aromatic carbocycles. The van der Waals surface area contributed by atoms with Gasteiger partial charge in [-0.05, 0) is 50.4 Å². The van der Waals surface area contributed by atoms with Crippen molar-refractivity contribution in [2.24, 2.45) is 0 Å². The van der Waals surface area contributed by atoms with Gasteiger partial charge in [0.05, 0.1) is 17.5 Å². The Morgan fingerprint density at radius 3 is 2.64 bits per heavy atom. The summed E-state index contributed by atoms with van der Waals surface area (Å²) in [6, 6.07) is 16.3. The highest BCUT2D eigenvalue weighted by Gasteiger charge is 2.34. The molecule has 1 amide bonds. The van der Waals surface area contributed by atoms with Gasteiger partial charge in [0, 0.05) is 48.5 Å². The molecule has 6 heteroatoms. The summed E-state index contributed by atoms with van der Waals surface area (Å²) >= 11 is 0. The Morgan fingerprint density at radius 2 is 1.88 bits per heavy atom. The van der Waals surface area contributed by atoms with E-state index in [0.717, 1.165) is 67.6 Å². The van der Waals surface area contributed by atoms with E-state index in [2.05, 4.69) is 27.7 Å². The topological polar surface area (TPSA) is 69.3 Å². The molecular weight excluding hydrogens is 412 g/mol. The third kappa shape index (κ3) is 3.94. The number of nitriles is 1. The van der Waals surface area contributed by atoms with E-state index in [1.165, 1.54) is 0 Å². The third-order valence-corrected chi connectivity index (χ3v) is 7.06. The number of carbonyl (C=O) groups is 2.